The molecule has 2 amide bonds. The van der Waals surface area contributed by atoms with Crippen LogP contribution in [-0.4, -0.2) is 40.2 Å². The molecule has 0 saturated carbocycles. The minimum absolute atomic E-state index is 0.128. The highest BCUT2D eigenvalue weighted by molar-refractivity contribution is 8.00. The lowest BCUT2D eigenvalue weighted by molar-refractivity contribution is -0.113. The Hall–Kier alpha value is -2.99. The molecular formula is C27H19Cl4N3O5S2. The van der Waals surface area contributed by atoms with Crippen molar-refractivity contribution in [2.24, 2.45) is 0 Å². The van der Waals surface area contributed by atoms with Crippen LogP contribution in [0.5, 0.6) is 5.75 Å². The number of nitrogens with one attached hydrogen (secondary N) is 2. The van der Waals surface area contributed by atoms with Gasteiger partial charge in [0, 0.05) is 21.5 Å². The topological polar surface area (TPSA) is 118 Å². The van der Waals surface area contributed by atoms with E-state index in [4.69, 9.17) is 51.1 Å². The Morgan fingerprint density at radius 2 is 1.54 bits per heavy atom. The van der Waals surface area contributed by atoms with Crippen LogP contribution in [0.1, 0.15) is 27.6 Å². The average Bonchev–Trinajstić information content (AvgIpc) is 3.42. The lowest BCUT2D eigenvalue weighted by Gasteiger charge is -2.14. The highest BCUT2D eigenvalue weighted by atomic mass is 35.5. The first kappa shape index (κ1) is 31.0. The van der Waals surface area contributed by atoms with Crippen LogP contribution in [0.25, 0.3) is 11.3 Å². The maximum absolute atomic E-state index is 12.9. The molecule has 0 aliphatic carbocycles. The van der Waals surface area contributed by atoms with E-state index in [2.05, 4.69) is 15.6 Å². The van der Waals surface area contributed by atoms with Crippen LogP contribution in [-0.2, 0) is 4.79 Å². The molecule has 0 fully saturated rings. The number of benzene rings is 3. The lowest BCUT2D eigenvalue weighted by atomic mass is 10.1. The zero-order valence-electron chi connectivity index (χ0n) is 21.0. The van der Waals surface area contributed by atoms with Crippen molar-refractivity contribution in [3.05, 3.63) is 85.1 Å². The zero-order chi connectivity index (χ0) is 29.7. The van der Waals surface area contributed by atoms with E-state index in [-0.39, 0.29) is 26.7 Å². The first-order valence-electron chi connectivity index (χ1n) is 11.7. The van der Waals surface area contributed by atoms with E-state index in [9.17, 15) is 19.5 Å². The summed E-state index contributed by atoms with van der Waals surface area (Å²) in [6.07, 6.45) is 0. The number of carboxylic acids is 1. The SMILES string of the molecule is CCOc1ccc(-c2csc(NC(=O)CSc3ccc(NC(=O)c4c(Cl)c(Cl)c(Cl)c(Cl)c4C(=O)O)cc3)n2)cc1. The quantitative estimate of drug-likeness (QED) is 0.0879. The van der Waals surface area contributed by atoms with Gasteiger partial charge >= 0.3 is 5.97 Å². The standard InChI is InChI=1S/C27H19Cl4N3O5S2/c1-2-39-15-7-3-13(4-8-15)17-11-41-27(33-17)34-18(35)12-40-16-9-5-14(6-10-16)32-25(36)19-20(26(37)38)22(29)24(31)23(30)21(19)28/h3-11H,2,12H2,1H3,(H,32,36)(H,37,38)(H,33,34,35). The number of aromatic carboxylic acids is 1. The summed E-state index contributed by atoms with van der Waals surface area (Å²) in [7, 11) is 0. The lowest BCUT2D eigenvalue weighted by Crippen LogP contribution is -2.18. The van der Waals surface area contributed by atoms with Crippen LogP contribution >= 0.6 is 69.5 Å². The highest BCUT2D eigenvalue weighted by Gasteiger charge is 2.29. The maximum atomic E-state index is 12.9. The number of hydrogen-bond acceptors (Lipinski definition) is 7. The van der Waals surface area contributed by atoms with E-state index >= 15 is 0 Å². The molecule has 0 aliphatic heterocycles. The Morgan fingerprint density at radius 3 is 2.15 bits per heavy atom. The summed E-state index contributed by atoms with van der Waals surface area (Å²) < 4.78 is 5.45. The summed E-state index contributed by atoms with van der Waals surface area (Å²) >= 11 is 26.7. The molecule has 41 heavy (non-hydrogen) atoms. The van der Waals surface area contributed by atoms with Gasteiger partial charge in [0.25, 0.3) is 5.91 Å². The van der Waals surface area contributed by atoms with E-state index < -0.39 is 28.0 Å². The number of carbonyl (C=O) groups is 3. The van der Waals surface area contributed by atoms with Crippen LogP contribution in [0.2, 0.25) is 20.1 Å². The molecule has 14 heteroatoms. The third-order valence-corrected chi connectivity index (χ3v) is 8.97. The second-order valence-electron chi connectivity index (χ2n) is 8.12. The molecule has 8 nitrogen and oxygen atoms in total. The number of halogens is 4. The van der Waals surface area contributed by atoms with Crippen LogP contribution in [0, 0.1) is 0 Å². The molecule has 1 heterocycles. The zero-order valence-corrected chi connectivity index (χ0v) is 25.6. The molecule has 3 aromatic carbocycles. The number of hydrogen-bond donors (Lipinski definition) is 3. The number of nitrogens with zero attached hydrogens (tertiary/aromatic N) is 1. The van der Waals surface area contributed by atoms with Crippen LogP contribution in [0.4, 0.5) is 10.8 Å². The Kier molecular flexibility index (Phi) is 10.4. The summed E-state index contributed by atoms with van der Waals surface area (Å²) in [5, 5.41) is 16.0. The first-order valence-corrected chi connectivity index (χ1v) is 15.1. The largest absolute Gasteiger partial charge is 0.494 e. The molecule has 0 spiro atoms. The second kappa shape index (κ2) is 13.8. The molecule has 4 rings (SSSR count). The van der Waals surface area contributed by atoms with E-state index in [0.29, 0.717) is 17.4 Å². The van der Waals surface area contributed by atoms with Gasteiger partial charge in [0.05, 0.1) is 49.3 Å². The Balaban J connectivity index is 1.34. The number of thiazole rings is 1. The summed E-state index contributed by atoms with van der Waals surface area (Å²) in [5.74, 6) is -1.65. The van der Waals surface area contributed by atoms with Crippen LogP contribution < -0.4 is 15.4 Å². The Bertz CT molecular complexity index is 1610. The third-order valence-electron chi connectivity index (χ3n) is 5.40. The van der Waals surface area contributed by atoms with Crippen molar-refractivity contribution in [1.82, 2.24) is 4.98 Å². The number of rotatable bonds is 10. The number of anilines is 2. The number of amides is 2. The minimum atomic E-state index is -1.49. The first-order chi connectivity index (χ1) is 19.6. The van der Waals surface area contributed by atoms with Gasteiger partial charge in [0.1, 0.15) is 5.75 Å². The third kappa shape index (κ3) is 7.45. The van der Waals surface area contributed by atoms with E-state index in [1.807, 2.05) is 36.6 Å². The van der Waals surface area contributed by atoms with Crippen molar-refractivity contribution in [1.29, 1.82) is 0 Å². The molecule has 0 saturated heterocycles. The number of ether oxygens (including phenoxy) is 1. The Labute approximate surface area is 262 Å². The van der Waals surface area contributed by atoms with Gasteiger partial charge < -0.3 is 20.5 Å². The normalized spacial score (nSPS) is 10.8. The van der Waals surface area contributed by atoms with Gasteiger partial charge in [-0.2, -0.15) is 0 Å². The van der Waals surface area contributed by atoms with Crippen molar-refractivity contribution in [3.63, 3.8) is 0 Å². The fraction of sp³-hybridized carbons (Fsp3) is 0.111. The van der Waals surface area contributed by atoms with Gasteiger partial charge in [-0.3, -0.25) is 9.59 Å². The Morgan fingerprint density at radius 1 is 0.902 bits per heavy atom. The van der Waals surface area contributed by atoms with Gasteiger partial charge in [0.15, 0.2) is 5.13 Å². The van der Waals surface area contributed by atoms with Gasteiger partial charge in [-0.15, -0.1) is 23.1 Å². The number of carboxylic acid groups (broad SMARTS) is 1. The van der Waals surface area contributed by atoms with E-state index in [1.54, 1.807) is 24.3 Å². The van der Waals surface area contributed by atoms with E-state index in [1.165, 1.54) is 23.1 Å². The highest BCUT2D eigenvalue weighted by Crippen LogP contribution is 2.42. The van der Waals surface area contributed by atoms with E-state index in [0.717, 1.165) is 21.9 Å². The molecule has 0 aliphatic rings. The molecule has 4 aromatic rings. The molecule has 0 radical (unpaired) electrons. The summed E-state index contributed by atoms with van der Waals surface area (Å²) in [6.45, 7) is 2.51. The predicted molar refractivity (Wildman–Crippen MR) is 166 cm³/mol. The van der Waals surface area contributed by atoms with Crippen molar-refractivity contribution in [2.45, 2.75) is 11.8 Å². The van der Waals surface area contributed by atoms with Crippen molar-refractivity contribution < 1.29 is 24.2 Å². The number of carbonyl (C=O) groups excluding carboxylic acids is 2. The van der Waals surface area contributed by atoms with Gasteiger partial charge in [-0.25, -0.2) is 9.78 Å². The van der Waals surface area contributed by atoms with Crippen LogP contribution in [0.3, 0.4) is 0 Å². The molecule has 0 atom stereocenters. The summed E-state index contributed by atoms with van der Waals surface area (Å²) in [4.78, 5) is 42.4. The molecular weight excluding hydrogens is 652 g/mol. The molecule has 212 valence electrons. The fourth-order valence-electron chi connectivity index (χ4n) is 3.53. The molecule has 1 aromatic heterocycles. The van der Waals surface area contributed by atoms with Crippen molar-refractivity contribution in [3.8, 4) is 17.0 Å². The smallest absolute Gasteiger partial charge is 0.338 e. The minimum Gasteiger partial charge on any atom is -0.494 e. The second-order valence-corrected chi connectivity index (χ2v) is 11.5. The van der Waals surface area contributed by atoms with Gasteiger partial charge in [0.2, 0.25) is 5.91 Å². The van der Waals surface area contributed by atoms with Crippen molar-refractivity contribution >= 4 is 98.1 Å². The molecule has 3 N–H and O–H groups in total. The summed E-state index contributed by atoms with van der Waals surface area (Å²) in [5.41, 5.74) is 1.03. The van der Waals surface area contributed by atoms with Crippen molar-refractivity contribution in [2.75, 3.05) is 23.0 Å². The van der Waals surface area contributed by atoms with Gasteiger partial charge in [-0.1, -0.05) is 46.4 Å². The monoisotopic (exact) mass is 669 g/mol. The number of thioether (sulfide) groups is 1. The average molecular weight is 671 g/mol. The molecule has 0 unspecified atom stereocenters. The summed E-state index contributed by atoms with van der Waals surface area (Å²) in [6, 6.07) is 14.1. The number of aromatic nitrogens is 1. The predicted octanol–water partition coefficient (Wildman–Crippen LogP) is 8.50. The fourth-order valence-corrected chi connectivity index (χ4v) is 5.98. The maximum Gasteiger partial charge on any atom is 0.338 e. The van der Waals surface area contributed by atoms with Crippen LogP contribution in [0.15, 0.2) is 58.8 Å². The molecule has 0 bridgehead atoms. The van der Waals surface area contributed by atoms with Gasteiger partial charge in [-0.05, 0) is 55.5 Å².